The van der Waals surface area contributed by atoms with Gasteiger partial charge >= 0.3 is 0 Å². The highest BCUT2D eigenvalue weighted by molar-refractivity contribution is 5.78. The Balaban J connectivity index is 1.38. The van der Waals surface area contributed by atoms with E-state index in [2.05, 4.69) is 21.7 Å². The molecular weight excluding hydrogens is 276 g/mol. The van der Waals surface area contributed by atoms with Crippen LogP contribution >= 0.6 is 0 Å². The second-order valence-electron chi connectivity index (χ2n) is 6.44. The first-order valence-corrected chi connectivity index (χ1v) is 8.43. The van der Waals surface area contributed by atoms with Crippen LogP contribution in [-0.4, -0.2) is 48.0 Å². The molecule has 22 heavy (non-hydrogen) atoms. The number of piperazine rings is 1. The molecule has 0 spiro atoms. The summed E-state index contributed by atoms with van der Waals surface area (Å²) in [5, 5.41) is 6.75. The third-order valence-corrected chi connectivity index (χ3v) is 4.81. The number of hydrogen-bond acceptors (Lipinski definition) is 4. The van der Waals surface area contributed by atoms with E-state index in [1.54, 1.807) is 0 Å². The molecule has 1 aromatic heterocycles. The Morgan fingerprint density at radius 3 is 2.86 bits per heavy atom. The Morgan fingerprint density at radius 1 is 1.27 bits per heavy atom. The van der Waals surface area contributed by atoms with Crippen molar-refractivity contribution in [1.29, 1.82) is 0 Å². The van der Waals surface area contributed by atoms with E-state index in [0.29, 0.717) is 18.5 Å². The molecule has 1 amide bonds. The Kier molecular flexibility index (Phi) is 5.40. The van der Waals surface area contributed by atoms with E-state index in [1.165, 1.54) is 25.7 Å². The molecule has 1 saturated heterocycles. The summed E-state index contributed by atoms with van der Waals surface area (Å²) in [5.74, 6) is 0.941. The Morgan fingerprint density at radius 2 is 2.14 bits per heavy atom. The van der Waals surface area contributed by atoms with Gasteiger partial charge in [0, 0.05) is 38.4 Å². The first kappa shape index (κ1) is 15.4. The summed E-state index contributed by atoms with van der Waals surface area (Å²) >= 11 is 0. The number of hydrogen-bond donors (Lipinski definition) is 2. The molecule has 0 radical (unpaired) electrons. The summed E-state index contributed by atoms with van der Waals surface area (Å²) in [7, 11) is 0. The van der Waals surface area contributed by atoms with E-state index < -0.39 is 0 Å². The van der Waals surface area contributed by atoms with Crippen molar-refractivity contribution < 1.29 is 4.79 Å². The highest BCUT2D eigenvalue weighted by Gasteiger charge is 2.25. The fourth-order valence-electron chi connectivity index (χ4n) is 3.45. The van der Waals surface area contributed by atoms with E-state index in [4.69, 9.17) is 0 Å². The van der Waals surface area contributed by atoms with Crippen molar-refractivity contribution in [3.05, 3.63) is 30.1 Å². The zero-order valence-corrected chi connectivity index (χ0v) is 13.1. The van der Waals surface area contributed by atoms with Crippen LogP contribution in [-0.2, 0) is 11.3 Å². The van der Waals surface area contributed by atoms with Gasteiger partial charge in [-0.2, -0.15) is 0 Å². The van der Waals surface area contributed by atoms with Crippen molar-refractivity contribution in [1.82, 2.24) is 20.5 Å². The summed E-state index contributed by atoms with van der Waals surface area (Å²) in [4.78, 5) is 18.2. The normalized spacial score (nSPS) is 26.2. The number of rotatable bonds is 5. The maximum absolute atomic E-state index is 11.8. The SMILES string of the molecule is O=C1CNCCN1CC1CCC(NCc2ccccn2)CC1. The molecule has 1 aliphatic heterocycles. The molecular formula is C17H26N4O. The zero-order chi connectivity index (χ0) is 15.2. The largest absolute Gasteiger partial charge is 0.340 e. The van der Waals surface area contributed by atoms with Gasteiger partial charge in [-0.3, -0.25) is 9.78 Å². The van der Waals surface area contributed by atoms with Gasteiger partial charge in [-0.15, -0.1) is 0 Å². The van der Waals surface area contributed by atoms with Crippen LogP contribution in [0.4, 0.5) is 0 Å². The van der Waals surface area contributed by atoms with Crippen LogP contribution in [0.25, 0.3) is 0 Å². The molecule has 1 aromatic rings. The third kappa shape index (κ3) is 4.27. The van der Waals surface area contributed by atoms with Crippen molar-refractivity contribution in [2.45, 2.75) is 38.3 Å². The van der Waals surface area contributed by atoms with Crippen molar-refractivity contribution in [2.24, 2.45) is 5.92 Å². The lowest BCUT2D eigenvalue weighted by molar-refractivity contribution is -0.132. The fraction of sp³-hybridized carbons (Fsp3) is 0.647. The van der Waals surface area contributed by atoms with Crippen molar-refractivity contribution in [3.8, 4) is 0 Å². The number of carbonyl (C=O) groups excluding carboxylic acids is 1. The summed E-state index contributed by atoms with van der Waals surface area (Å²) in [6.07, 6.45) is 6.70. The molecule has 2 N–H and O–H groups in total. The van der Waals surface area contributed by atoms with Gasteiger partial charge < -0.3 is 15.5 Å². The van der Waals surface area contributed by atoms with Crippen LogP contribution in [0.2, 0.25) is 0 Å². The minimum absolute atomic E-state index is 0.265. The molecule has 2 aliphatic rings. The van der Waals surface area contributed by atoms with Crippen LogP contribution in [0.15, 0.2) is 24.4 Å². The number of nitrogens with one attached hydrogen (secondary N) is 2. The Bertz CT molecular complexity index is 471. The van der Waals surface area contributed by atoms with Gasteiger partial charge in [0.05, 0.1) is 12.2 Å². The smallest absolute Gasteiger partial charge is 0.236 e. The molecule has 0 bridgehead atoms. The lowest BCUT2D eigenvalue weighted by Crippen LogP contribution is -2.50. The maximum Gasteiger partial charge on any atom is 0.236 e. The lowest BCUT2D eigenvalue weighted by Gasteiger charge is -2.35. The van der Waals surface area contributed by atoms with Crippen LogP contribution in [0, 0.1) is 5.92 Å². The molecule has 0 aromatic carbocycles. The van der Waals surface area contributed by atoms with Crippen LogP contribution in [0.3, 0.4) is 0 Å². The first-order chi connectivity index (χ1) is 10.8. The van der Waals surface area contributed by atoms with Crippen LogP contribution in [0.1, 0.15) is 31.4 Å². The van der Waals surface area contributed by atoms with Gasteiger partial charge in [0.15, 0.2) is 0 Å². The van der Waals surface area contributed by atoms with E-state index in [-0.39, 0.29) is 5.91 Å². The highest BCUT2D eigenvalue weighted by Crippen LogP contribution is 2.25. The molecule has 2 fully saturated rings. The number of aromatic nitrogens is 1. The van der Waals surface area contributed by atoms with E-state index in [1.807, 2.05) is 23.2 Å². The summed E-state index contributed by atoms with van der Waals surface area (Å²) < 4.78 is 0. The molecule has 0 atom stereocenters. The van der Waals surface area contributed by atoms with Gasteiger partial charge in [0.25, 0.3) is 0 Å². The Labute approximate surface area is 132 Å². The van der Waals surface area contributed by atoms with E-state index in [9.17, 15) is 4.79 Å². The quantitative estimate of drug-likeness (QED) is 0.857. The minimum Gasteiger partial charge on any atom is -0.340 e. The van der Waals surface area contributed by atoms with Crippen LogP contribution in [0.5, 0.6) is 0 Å². The molecule has 5 nitrogen and oxygen atoms in total. The lowest BCUT2D eigenvalue weighted by atomic mass is 9.85. The molecule has 3 rings (SSSR count). The first-order valence-electron chi connectivity index (χ1n) is 8.43. The second kappa shape index (κ2) is 7.70. The van der Waals surface area contributed by atoms with E-state index >= 15 is 0 Å². The third-order valence-electron chi connectivity index (χ3n) is 4.81. The number of carbonyl (C=O) groups is 1. The second-order valence-corrected chi connectivity index (χ2v) is 6.44. The molecule has 2 heterocycles. The maximum atomic E-state index is 11.8. The summed E-state index contributed by atoms with van der Waals surface area (Å²) in [6.45, 7) is 4.13. The number of amides is 1. The van der Waals surface area contributed by atoms with Gasteiger partial charge in [-0.1, -0.05) is 6.07 Å². The van der Waals surface area contributed by atoms with Crippen molar-refractivity contribution >= 4 is 5.91 Å². The average Bonchev–Trinajstić information content (AvgIpc) is 2.57. The van der Waals surface area contributed by atoms with Gasteiger partial charge in [0.1, 0.15) is 0 Å². The topological polar surface area (TPSA) is 57.3 Å². The minimum atomic E-state index is 0.265. The standard InChI is InChI=1S/C17H26N4O/c22-17-12-18-9-10-21(17)13-14-4-6-15(7-5-14)20-11-16-3-1-2-8-19-16/h1-3,8,14-15,18,20H,4-7,9-13H2. The van der Waals surface area contributed by atoms with Gasteiger partial charge in [-0.05, 0) is 43.7 Å². The molecule has 0 unspecified atom stereocenters. The van der Waals surface area contributed by atoms with Crippen molar-refractivity contribution in [2.75, 3.05) is 26.2 Å². The molecule has 120 valence electrons. The Hall–Kier alpha value is -1.46. The summed E-state index contributed by atoms with van der Waals surface area (Å²) in [6, 6.07) is 6.64. The van der Waals surface area contributed by atoms with Crippen LogP contribution < -0.4 is 10.6 Å². The fourth-order valence-corrected chi connectivity index (χ4v) is 3.45. The predicted molar refractivity (Wildman–Crippen MR) is 86.3 cm³/mol. The number of nitrogens with zero attached hydrogens (tertiary/aromatic N) is 2. The molecule has 1 saturated carbocycles. The van der Waals surface area contributed by atoms with E-state index in [0.717, 1.165) is 31.9 Å². The monoisotopic (exact) mass is 302 g/mol. The van der Waals surface area contributed by atoms with Crippen molar-refractivity contribution in [3.63, 3.8) is 0 Å². The summed E-state index contributed by atoms with van der Waals surface area (Å²) in [5.41, 5.74) is 1.11. The highest BCUT2D eigenvalue weighted by atomic mass is 16.2. The number of pyridine rings is 1. The molecule has 1 aliphatic carbocycles. The molecule has 5 heteroatoms. The average molecular weight is 302 g/mol. The predicted octanol–water partition coefficient (Wildman–Crippen LogP) is 1.16. The van der Waals surface area contributed by atoms with Gasteiger partial charge in [-0.25, -0.2) is 0 Å². The van der Waals surface area contributed by atoms with Gasteiger partial charge in [0.2, 0.25) is 5.91 Å². The zero-order valence-electron chi connectivity index (χ0n) is 13.1.